The van der Waals surface area contributed by atoms with Crippen molar-refractivity contribution in [2.24, 2.45) is 0 Å². The number of hydrogen-bond acceptors (Lipinski definition) is 2. The maximum atomic E-state index is 13.4. The molecule has 0 aromatic heterocycles. The van der Waals surface area contributed by atoms with Crippen molar-refractivity contribution in [2.45, 2.75) is 6.18 Å². The van der Waals surface area contributed by atoms with Crippen LogP contribution in [0.5, 0.6) is 0 Å². The summed E-state index contributed by atoms with van der Waals surface area (Å²) in [5, 5.41) is 8.58. The third-order valence-electron chi connectivity index (χ3n) is 1.98. The third-order valence-corrected chi connectivity index (χ3v) is 2.22. The minimum Gasteiger partial charge on any atom is -0.293 e. The topological polar surface area (TPSA) is 40.9 Å². The first kappa shape index (κ1) is 13.5. The number of halogens is 5. The second-order valence-corrected chi connectivity index (χ2v) is 3.28. The Morgan fingerprint density at radius 2 is 2.00 bits per heavy atom. The fourth-order valence-electron chi connectivity index (χ4n) is 1.21. The summed E-state index contributed by atoms with van der Waals surface area (Å²) >= 11 is 5.19. The molecule has 0 unspecified atom stereocenters. The molecule has 0 spiro atoms. The van der Waals surface area contributed by atoms with Crippen LogP contribution in [0.1, 0.15) is 21.5 Å². The van der Waals surface area contributed by atoms with E-state index in [4.69, 9.17) is 16.9 Å². The van der Waals surface area contributed by atoms with Gasteiger partial charge >= 0.3 is 6.18 Å². The standard InChI is InChI=1S/C10H4ClF4NO/c11-3-8(17)5-1-2-7(10(13,14)15)9(12)6(5)4-16/h1-2H,3H2. The quantitative estimate of drug-likeness (QED) is 0.468. The average Bonchev–Trinajstić information content (AvgIpc) is 2.25. The number of alkyl halides is 4. The Hall–Kier alpha value is -1.61. The molecule has 0 aliphatic rings. The highest BCUT2D eigenvalue weighted by atomic mass is 35.5. The van der Waals surface area contributed by atoms with E-state index in [9.17, 15) is 22.4 Å². The third kappa shape index (κ3) is 2.56. The number of carbonyl (C=O) groups is 1. The van der Waals surface area contributed by atoms with Gasteiger partial charge in [0.05, 0.1) is 17.0 Å². The van der Waals surface area contributed by atoms with Gasteiger partial charge in [-0.05, 0) is 12.1 Å². The number of hydrogen-bond donors (Lipinski definition) is 0. The van der Waals surface area contributed by atoms with Gasteiger partial charge in [0, 0.05) is 5.56 Å². The molecule has 0 aliphatic carbocycles. The molecule has 0 bridgehead atoms. The van der Waals surface area contributed by atoms with E-state index in [1.54, 1.807) is 0 Å². The Balaban J connectivity index is 3.50. The molecule has 1 aromatic carbocycles. The zero-order chi connectivity index (χ0) is 13.2. The maximum Gasteiger partial charge on any atom is 0.419 e. The Bertz CT molecular complexity index is 504. The van der Waals surface area contributed by atoms with Crippen LogP contribution in [0, 0.1) is 17.1 Å². The van der Waals surface area contributed by atoms with Gasteiger partial charge in [0.15, 0.2) is 11.6 Å². The van der Waals surface area contributed by atoms with Gasteiger partial charge in [0.25, 0.3) is 0 Å². The monoisotopic (exact) mass is 265 g/mol. The number of nitriles is 1. The molecular formula is C10H4ClF4NO. The zero-order valence-electron chi connectivity index (χ0n) is 8.11. The van der Waals surface area contributed by atoms with E-state index in [1.165, 1.54) is 6.07 Å². The molecule has 1 aromatic rings. The number of nitrogens with zero attached hydrogens (tertiary/aromatic N) is 1. The highest BCUT2D eigenvalue weighted by Crippen LogP contribution is 2.33. The normalized spacial score (nSPS) is 11.1. The lowest BCUT2D eigenvalue weighted by Gasteiger charge is -2.10. The molecule has 0 radical (unpaired) electrons. The van der Waals surface area contributed by atoms with Crippen molar-refractivity contribution in [3.8, 4) is 6.07 Å². The van der Waals surface area contributed by atoms with Gasteiger partial charge in [-0.3, -0.25) is 4.79 Å². The largest absolute Gasteiger partial charge is 0.419 e. The predicted molar refractivity (Wildman–Crippen MR) is 51.2 cm³/mol. The van der Waals surface area contributed by atoms with E-state index in [1.807, 2.05) is 0 Å². The molecule has 0 atom stereocenters. The van der Waals surface area contributed by atoms with Gasteiger partial charge in [0.2, 0.25) is 0 Å². The van der Waals surface area contributed by atoms with Gasteiger partial charge < -0.3 is 0 Å². The predicted octanol–water partition coefficient (Wildman–Crippen LogP) is 3.14. The molecule has 90 valence electrons. The summed E-state index contributed by atoms with van der Waals surface area (Å²) in [7, 11) is 0. The van der Waals surface area contributed by atoms with Crippen molar-refractivity contribution < 1.29 is 22.4 Å². The second-order valence-electron chi connectivity index (χ2n) is 3.02. The van der Waals surface area contributed by atoms with Crippen molar-refractivity contribution in [2.75, 3.05) is 5.88 Å². The van der Waals surface area contributed by atoms with E-state index in [0.29, 0.717) is 6.07 Å². The van der Waals surface area contributed by atoms with Gasteiger partial charge in [0.1, 0.15) is 6.07 Å². The lowest BCUT2D eigenvalue weighted by molar-refractivity contribution is -0.140. The van der Waals surface area contributed by atoms with Gasteiger partial charge in [-0.25, -0.2) is 4.39 Å². The first-order valence-corrected chi connectivity index (χ1v) is 4.75. The molecule has 0 heterocycles. The fraction of sp³-hybridized carbons (Fsp3) is 0.200. The summed E-state index contributed by atoms with van der Waals surface area (Å²) < 4.78 is 50.3. The van der Waals surface area contributed by atoms with E-state index in [2.05, 4.69) is 0 Å². The summed E-state index contributed by atoms with van der Waals surface area (Å²) in [5.74, 6) is -3.11. The number of benzene rings is 1. The van der Waals surface area contributed by atoms with Crippen molar-refractivity contribution in [1.29, 1.82) is 5.26 Å². The molecule has 0 aliphatic heterocycles. The van der Waals surface area contributed by atoms with Crippen molar-refractivity contribution >= 4 is 17.4 Å². The first-order valence-electron chi connectivity index (χ1n) is 4.22. The molecule has 0 fully saturated rings. The maximum absolute atomic E-state index is 13.4. The van der Waals surface area contributed by atoms with E-state index < -0.39 is 40.3 Å². The summed E-state index contributed by atoms with van der Waals surface area (Å²) in [5.41, 5.74) is -2.97. The van der Waals surface area contributed by atoms with Crippen molar-refractivity contribution in [3.05, 3.63) is 34.6 Å². The van der Waals surface area contributed by atoms with Crippen LogP contribution in [0.15, 0.2) is 12.1 Å². The number of rotatable bonds is 2. The molecule has 7 heteroatoms. The summed E-state index contributed by atoms with van der Waals surface area (Å²) in [6, 6.07) is 2.39. The minimum absolute atomic E-state index is 0.413. The Morgan fingerprint density at radius 3 is 2.41 bits per heavy atom. The van der Waals surface area contributed by atoms with E-state index in [-0.39, 0.29) is 0 Å². The Kier molecular flexibility index (Phi) is 3.73. The first-order chi connectivity index (χ1) is 7.82. The second kappa shape index (κ2) is 4.72. The summed E-state index contributed by atoms with van der Waals surface area (Å²) in [6.45, 7) is 0. The highest BCUT2D eigenvalue weighted by molar-refractivity contribution is 6.30. The lowest BCUT2D eigenvalue weighted by Crippen LogP contribution is -2.13. The Morgan fingerprint density at radius 1 is 1.41 bits per heavy atom. The molecule has 2 nitrogen and oxygen atoms in total. The SMILES string of the molecule is N#Cc1c(C(=O)CCl)ccc(C(F)(F)F)c1F. The van der Waals surface area contributed by atoms with E-state index in [0.717, 1.165) is 6.07 Å². The average molecular weight is 266 g/mol. The zero-order valence-corrected chi connectivity index (χ0v) is 8.86. The molecule has 0 N–H and O–H groups in total. The number of Topliss-reactive ketones (excluding diaryl/α,β-unsaturated/α-hetero) is 1. The van der Waals surface area contributed by atoms with Crippen LogP contribution in [0.3, 0.4) is 0 Å². The minimum atomic E-state index is -4.92. The Labute approximate surface area is 98.4 Å². The van der Waals surface area contributed by atoms with Crippen LogP contribution in [-0.2, 0) is 6.18 Å². The smallest absolute Gasteiger partial charge is 0.293 e. The molecule has 0 saturated carbocycles. The van der Waals surface area contributed by atoms with Crippen LogP contribution in [0.25, 0.3) is 0 Å². The molecule has 1 rings (SSSR count). The van der Waals surface area contributed by atoms with E-state index >= 15 is 0 Å². The van der Waals surface area contributed by atoms with Gasteiger partial charge in [-0.1, -0.05) is 0 Å². The number of carbonyl (C=O) groups excluding carboxylic acids is 1. The highest BCUT2D eigenvalue weighted by Gasteiger charge is 2.36. The molecular weight excluding hydrogens is 262 g/mol. The van der Waals surface area contributed by atoms with Crippen molar-refractivity contribution in [3.63, 3.8) is 0 Å². The lowest BCUT2D eigenvalue weighted by atomic mass is 10.0. The van der Waals surface area contributed by atoms with Crippen molar-refractivity contribution in [1.82, 2.24) is 0 Å². The van der Waals surface area contributed by atoms with Gasteiger partial charge in [-0.2, -0.15) is 18.4 Å². The summed E-state index contributed by atoms with van der Waals surface area (Å²) in [4.78, 5) is 11.2. The molecule has 0 amide bonds. The van der Waals surface area contributed by atoms with Gasteiger partial charge in [-0.15, -0.1) is 11.6 Å². The van der Waals surface area contributed by atoms with Crippen LogP contribution < -0.4 is 0 Å². The fourth-order valence-corrected chi connectivity index (χ4v) is 1.35. The van der Waals surface area contributed by atoms with Crippen LogP contribution in [-0.4, -0.2) is 11.7 Å². The van der Waals surface area contributed by atoms with Crippen LogP contribution in [0.2, 0.25) is 0 Å². The molecule has 17 heavy (non-hydrogen) atoms. The number of ketones is 1. The summed E-state index contributed by atoms with van der Waals surface area (Å²) in [6.07, 6.45) is -4.92. The van der Waals surface area contributed by atoms with Crippen LogP contribution in [0.4, 0.5) is 17.6 Å². The van der Waals surface area contributed by atoms with Crippen LogP contribution >= 0.6 is 11.6 Å². The molecule has 0 saturated heterocycles.